The van der Waals surface area contributed by atoms with Crippen molar-refractivity contribution >= 4 is 53.0 Å². The van der Waals surface area contributed by atoms with Gasteiger partial charge in [0.15, 0.2) is 14.6 Å². The van der Waals surface area contributed by atoms with Gasteiger partial charge in [0.05, 0.1) is 31.3 Å². The van der Waals surface area contributed by atoms with Crippen LogP contribution in [0.3, 0.4) is 0 Å². The Balaban J connectivity index is 1.73. The van der Waals surface area contributed by atoms with Crippen molar-refractivity contribution in [2.75, 3.05) is 11.0 Å². The molecule has 34 heavy (non-hydrogen) atoms. The predicted octanol–water partition coefficient (Wildman–Crippen LogP) is 3.49. The fraction of sp³-hybridized carbons (Fsp3) is 0.130. The molecule has 8 nitrogen and oxygen atoms in total. The van der Waals surface area contributed by atoms with Crippen molar-refractivity contribution in [2.24, 2.45) is 12.0 Å². The van der Waals surface area contributed by atoms with Gasteiger partial charge >= 0.3 is 0 Å². The van der Waals surface area contributed by atoms with E-state index in [1.807, 2.05) is 6.92 Å². The molecule has 0 bridgehead atoms. The standard InChI is InChI=1S/C23H21N3O5S3/c1-15-8-10-16(11-9-15)34(30,31)25-19-7-5-4-6-18(19)22(27)24-23-26(2)20-13-12-17(33(3,28)29)14-21(20)32-23/h4-14,25H,1-3H3. The molecule has 1 N–H and O–H groups in total. The van der Waals surface area contributed by atoms with Crippen molar-refractivity contribution in [1.82, 2.24) is 4.57 Å². The number of thiazole rings is 1. The average Bonchev–Trinajstić information content (AvgIpc) is 3.08. The molecule has 0 saturated heterocycles. The molecule has 1 heterocycles. The lowest BCUT2D eigenvalue weighted by Crippen LogP contribution is -2.17. The quantitative estimate of drug-likeness (QED) is 0.437. The summed E-state index contributed by atoms with van der Waals surface area (Å²) in [5.41, 5.74) is 1.85. The van der Waals surface area contributed by atoms with Gasteiger partial charge in [-0.15, -0.1) is 0 Å². The summed E-state index contributed by atoms with van der Waals surface area (Å²) in [5, 5.41) is 0. The lowest BCUT2D eigenvalue weighted by molar-refractivity contribution is 0.0998. The molecule has 0 radical (unpaired) electrons. The van der Waals surface area contributed by atoms with Crippen LogP contribution in [0.2, 0.25) is 0 Å². The number of sulfonamides is 1. The van der Waals surface area contributed by atoms with Gasteiger partial charge in [0.25, 0.3) is 15.9 Å². The Morgan fingerprint density at radius 3 is 2.26 bits per heavy atom. The molecule has 0 aliphatic heterocycles. The molecule has 0 saturated carbocycles. The summed E-state index contributed by atoms with van der Waals surface area (Å²) in [4.78, 5) is 17.8. The highest BCUT2D eigenvalue weighted by atomic mass is 32.2. The third-order valence-electron chi connectivity index (χ3n) is 5.14. The van der Waals surface area contributed by atoms with Crippen LogP contribution in [0.15, 0.2) is 81.5 Å². The minimum atomic E-state index is -3.91. The van der Waals surface area contributed by atoms with Crippen LogP contribution >= 0.6 is 11.3 Å². The summed E-state index contributed by atoms with van der Waals surface area (Å²) in [6, 6.07) is 17.3. The molecule has 176 valence electrons. The third-order valence-corrected chi connectivity index (χ3v) is 8.73. The van der Waals surface area contributed by atoms with E-state index in [9.17, 15) is 21.6 Å². The number of benzene rings is 3. The summed E-state index contributed by atoms with van der Waals surface area (Å²) < 4.78 is 54.2. The molecule has 0 unspecified atom stereocenters. The van der Waals surface area contributed by atoms with Crippen molar-refractivity contribution in [3.8, 4) is 0 Å². The first-order chi connectivity index (χ1) is 16.0. The zero-order valence-corrected chi connectivity index (χ0v) is 21.0. The first-order valence-electron chi connectivity index (χ1n) is 10.0. The first-order valence-corrected chi connectivity index (χ1v) is 14.2. The Labute approximate surface area is 201 Å². The van der Waals surface area contributed by atoms with Crippen LogP contribution in [-0.4, -0.2) is 33.6 Å². The van der Waals surface area contributed by atoms with E-state index in [2.05, 4.69) is 9.71 Å². The normalized spacial score (nSPS) is 12.7. The first kappa shape index (κ1) is 23.9. The van der Waals surface area contributed by atoms with E-state index >= 15 is 0 Å². The van der Waals surface area contributed by atoms with Crippen LogP contribution in [-0.2, 0) is 26.9 Å². The number of rotatable bonds is 5. The molecule has 0 atom stereocenters. The highest BCUT2D eigenvalue weighted by molar-refractivity contribution is 7.92. The van der Waals surface area contributed by atoms with Crippen LogP contribution in [0.5, 0.6) is 0 Å². The number of hydrogen-bond acceptors (Lipinski definition) is 6. The summed E-state index contributed by atoms with van der Waals surface area (Å²) >= 11 is 1.17. The van der Waals surface area contributed by atoms with E-state index in [1.165, 1.54) is 41.7 Å². The molecule has 4 rings (SSSR count). The van der Waals surface area contributed by atoms with Gasteiger partial charge in [0.2, 0.25) is 0 Å². The second-order valence-corrected chi connectivity index (χ2v) is 12.4. The Morgan fingerprint density at radius 1 is 0.941 bits per heavy atom. The molecule has 0 fully saturated rings. The number of anilines is 1. The minimum absolute atomic E-state index is 0.0786. The van der Waals surface area contributed by atoms with Gasteiger partial charge < -0.3 is 4.57 Å². The molecule has 11 heteroatoms. The third kappa shape index (κ3) is 4.81. The Morgan fingerprint density at radius 2 is 1.59 bits per heavy atom. The van der Waals surface area contributed by atoms with E-state index in [-0.39, 0.29) is 21.0 Å². The number of aromatic nitrogens is 1. The number of hydrogen-bond donors (Lipinski definition) is 1. The maximum absolute atomic E-state index is 13.1. The zero-order valence-electron chi connectivity index (χ0n) is 18.5. The van der Waals surface area contributed by atoms with Gasteiger partial charge in [-0.1, -0.05) is 41.2 Å². The molecule has 0 aliphatic carbocycles. The molecular weight excluding hydrogens is 494 g/mol. The lowest BCUT2D eigenvalue weighted by Gasteiger charge is -2.11. The van der Waals surface area contributed by atoms with Crippen molar-refractivity contribution in [2.45, 2.75) is 16.7 Å². The molecule has 1 amide bonds. The Kier molecular flexibility index (Phi) is 6.19. The van der Waals surface area contributed by atoms with Crippen molar-refractivity contribution < 1.29 is 21.6 Å². The molecule has 4 aromatic rings. The van der Waals surface area contributed by atoms with E-state index in [1.54, 1.807) is 48.0 Å². The van der Waals surface area contributed by atoms with Crippen molar-refractivity contribution in [1.29, 1.82) is 0 Å². The number of carbonyl (C=O) groups excluding carboxylic acids is 1. The van der Waals surface area contributed by atoms with Gasteiger partial charge in [0.1, 0.15) is 0 Å². The molecule has 0 aliphatic rings. The van der Waals surface area contributed by atoms with E-state index in [0.29, 0.717) is 9.50 Å². The number of fused-ring (bicyclic) bond motifs is 1. The highest BCUT2D eigenvalue weighted by Crippen LogP contribution is 2.23. The highest BCUT2D eigenvalue weighted by Gasteiger charge is 2.19. The summed E-state index contributed by atoms with van der Waals surface area (Å²) in [5.74, 6) is -0.632. The maximum atomic E-state index is 13.1. The number of aryl methyl sites for hydroxylation is 2. The zero-order chi connectivity index (χ0) is 24.7. The smallest absolute Gasteiger partial charge is 0.281 e. The number of carbonyl (C=O) groups is 1. The van der Waals surface area contributed by atoms with Crippen LogP contribution < -0.4 is 9.52 Å². The Bertz CT molecular complexity index is 1700. The lowest BCUT2D eigenvalue weighted by atomic mass is 10.2. The van der Waals surface area contributed by atoms with Crippen LogP contribution in [0, 0.1) is 6.92 Å². The number of amides is 1. The van der Waals surface area contributed by atoms with Crippen LogP contribution in [0.4, 0.5) is 5.69 Å². The van der Waals surface area contributed by atoms with Gasteiger partial charge in [0, 0.05) is 13.3 Å². The molecular formula is C23H21N3O5S3. The number of para-hydroxylation sites is 1. The van der Waals surface area contributed by atoms with Crippen LogP contribution in [0.1, 0.15) is 15.9 Å². The van der Waals surface area contributed by atoms with Gasteiger partial charge in [-0.05, 0) is 49.4 Å². The van der Waals surface area contributed by atoms with Gasteiger partial charge in [-0.2, -0.15) is 4.99 Å². The van der Waals surface area contributed by atoms with Crippen molar-refractivity contribution in [3.63, 3.8) is 0 Å². The molecule has 3 aromatic carbocycles. The van der Waals surface area contributed by atoms with Crippen LogP contribution in [0.25, 0.3) is 10.2 Å². The number of nitrogens with one attached hydrogen (secondary N) is 1. The second-order valence-electron chi connectivity index (χ2n) is 7.73. The average molecular weight is 516 g/mol. The second kappa shape index (κ2) is 8.82. The van der Waals surface area contributed by atoms with E-state index in [0.717, 1.165) is 17.3 Å². The SMILES string of the molecule is Cc1ccc(S(=O)(=O)Nc2ccccc2C(=O)N=c2sc3cc(S(C)(=O)=O)ccc3n2C)cc1. The summed E-state index contributed by atoms with van der Waals surface area (Å²) in [6.45, 7) is 1.86. The minimum Gasteiger partial charge on any atom is -0.319 e. The largest absolute Gasteiger partial charge is 0.319 e. The molecule has 1 aromatic heterocycles. The summed E-state index contributed by atoms with van der Waals surface area (Å²) in [6.07, 6.45) is 1.13. The maximum Gasteiger partial charge on any atom is 0.281 e. The Hall–Kier alpha value is -3.28. The fourth-order valence-corrected chi connectivity index (χ4v) is 6.14. The number of sulfone groups is 1. The fourth-order valence-electron chi connectivity index (χ4n) is 3.28. The monoisotopic (exact) mass is 515 g/mol. The number of nitrogens with zero attached hydrogens (tertiary/aromatic N) is 2. The topological polar surface area (TPSA) is 115 Å². The van der Waals surface area contributed by atoms with Gasteiger partial charge in [-0.3, -0.25) is 9.52 Å². The summed E-state index contributed by atoms with van der Waals surface area (Å²) in [7, 11) is -5.57. The van der Waals surface area contributed by atoms with Crippen molar-refractivity contribution in [3.05, 3.63) is 82.7 Å². The van der Waals surface area contributed by atoms with E-state index < -0.39 is 25.8 Å². The molecule has 0 spiro atoms. The van der Waals surface area contributed by atoms with E-state index in [4.69, 9.17) is 0 Å². The predicted molar refractivity (Wildman–Crippen MR) is 132 cm³/mol. The van der Waals surface area contributed by atoms with Gasteiger partial charge in [-0.25, -0.2) is 16.8 Å².